The Labute approximate surface area is 106 Å². The molecule has 0 spiro atoms. The predicted octanol–water partition coefficient (Wildman–Crippen LogP) is 2.63. The molecule has 18 heavy (non-hydrogen) atoms. The van der Waals surface area contributed by atoms with Crippen LogP contribution in [0.25, 0.3) is 0 Å². The maximum atomic E-state index is 11.9. The molecule has 0 aliphatic rings. The summed E-state index contributed by atoms with van der Waals surface area (Å²) < 4.78 is 5.23. The van der Waals surface area contributed by atoms with Crippen molar-refractivity contribution < 1.29 is 9.53 Å². The minimum absolute atomic E-state index is 0.0819. The van der Waals surface area contributed by atoms with E-state index in [1.807, 2.05) is 42.5 Å². The van der Waals surface area contributed by atoms with E-state index in [9.17, 15) is 4.79 Å². The fourth-order valence-electron chi connectivity index (χ4n) is 1.72. The van der Waals surface area contributed by atoms with Crippen LogP contribution >= 0.6 is 0 Å². The van der Waals surface area contributed by atoms with E-state index in [1.165, 1.54) is 0 Å². The Morgan fingerprint density at radius 3 is 2.44 bits per heavy atom. The van der Waals surface area contributed by atoms with Gasteiger partial charge in [-0.15, -0.1) is 0 Å². The molecule has 0 unspecified atom stereocenters. The van der Waals surface area contributed by atoms with Crippen LogP contribution in [0.3, 0.4) is 0 Å². The van der Waals surface area contributed by atoms with Crippen molar-refractivity contribution in [1.29, 1.82) is 0 Å². The molecule has 0 saturated heterocycles. The lowest BCUT2D eigenvalue weighted by molar-refractivity contribution is 0.0950. The lowest BCUT2D eigenvalue weighted by Gasteiger charge is -2.09. The van der Waals surface area contributed by atoms with Crippen LogP contribution in [0.1, 0.15) is 15.9 Å². The summed E-state index contributed by atoms with van der Waals surface area (Å²) >= 11 is 0. The average Bonchev–Trinajstić information content (AvgIpc) is 2.46. The molecule has 0 heterocycles. The molecule has 2 aromatic carbocycles. The molecule has 3 heteroatoms. The highest BCUT2D eigenvalue weighted by atomic mass is 16.5. The first-order valence-corrected chi connectivity index (χ1v) is 5.76. The van der Waals surface area contributed by atoms with E-state index >= 15 is 0 Å². The quantitative estimate of drug-likeness (QED) is 0.893. The molecule has 2 rings (SSSR count). The van der Waals surface area contributed by atoms with Gasteiger partial charge in [0.1, 0.15) is 5.75 Å². The summed E-state index contributed by atoms with van der Waals surface area (Å²) in [7, 11) is 1.62. The third-order valence-corrected chi connectivity index (χ3v) is 2.67. The monoisotopic (exact) mass is 241 g/mol. The molecule has 0 aliphatic carbocycles. The van der Waals surface area contributed by atoms with Crippen molar-refractivity contribution in [3.8, 4) is 5.75 Å². The summed E-state index contributed by atoms with van der Waals surface area (Å²) in [6, 6.07) is 16.8. The molecular formula is C15H15NO2. The van der Waals surface area contributed by atoms with Crippen molar-refractivity contribution in [3.05, 3.63) is 65.7 Å². The van der Waals surface area contributed by atoms with Gasteiger partial charge in [0, 0.05) is 17.7 Å². The lowest BCUT2D eigenvalue weighted by atomic mass is 10.2. The fraction of sp³-hybridized carbons (Fsp3) is 0.133. The molecular weight excluding hydrogens is 226 g/mol. The van der Waals surface area contributed by atoms with Gasteiger partial charge in [-0.2, -0.15) is 0 Å². The smallest absolute Gasteiger partial charge is 0.251 e. The minimum Gasteiger partial charge on any atom is -0.496 e. The summed E-state index contributed by atoms with van der Waals surface area (Å²) in [5.74, 6) is 0.701. The highest BCUT2D eigenvalue weighted by Crippen LogP contribution is 2.16. The molecule has 0 saturated carbocycles. The maximum Gasteiger partial charge on any atom is 0.251 e. The van der Waals surface area contributed by atoms with E-state index in [2.05, 4.69) is 5.32 Å². The van der Waals surface area contributed by atoms with E-state index in [0.29, 0.717) is 12.1 Å². The zero-order chi connectivity index (χ0) is 12.8. The Hall–Kier alpha value is -2.29. The largest absolute Gasteiger partial charge is 0.496 e. The van der Waals surface area contributed by atoms with Crippen molar-refractivity contribution in [2.24, 2.45) is 0 Å². The Kier molecular flexibility index (Phi) is 3.97. The average molecular weight is 241 g/mol. The van der Waals surface area contributed by atoms with Gasteiger partial charge in [-0.1, -0.05) is 36.4 Å². The van der Waals surface area contributed by atoms with Gasteiger partial charge in [-0.25, -0.2) is 0 Å². The van der Waals surface area contributed by atoms with Crippen molar-refractivity contribution >= 4 is 5.91 Å². The van der Waals surface area contributed by atoms with E-state index in [0.717, 1.165) is 11.3 Å². The Bertz CT molecular complexity index is 523. The van der Waals surface area contributed by atoms with Crippen LogP contribution in [0, 0.1) is 0 Å². The number of nitrogens with one attached hydrogen (secondary N) is 1. The Morgan fingerprint density at radius 2 is 1.72 bits per heavy atom. The number of para-hydroxylation sites is 1. The lowest BCUT2D eigenvalue weighted by Crippen LogP contribution is -2.22. The van der Waals surface area contributed by atoms with Crippen molar-refractivity contribution in [1.82, 2.24) is 5.32 Å². The standard InChI is InChI=1S/C15H15NO2/c1-18-14-10-6-5-9-13(14)11-16-15(17)12-7-3-2-4-8-12/h2-10H,11H2,1H3,(H,16,17). The van der Waals surface area contributed by atoms with Crippen molar-refractivity contribution in [3.63, 3.8) is 0 Å². The molecule has 1 N–H and O–H groups in total. The van der Waals surface area contributed by atoms with E-state index in [-0.39, 0.29) is 5.91 Å². The van der Waals surface area contributed by atoms with Gasteiger partial charge in [-0.3, -0.25) is 4.79 Å². The highest BCUT2D eigenvalue weighted by molar-refractivity contribution is 5.94. The van der Waals surface area contributed by atoms with Crippen LogP contribution in [0.5, 0.6) is 5.75 Å². The van der Waals surface area contributed by atoms with Crippen LogP contribution in [-0.2, 0) is 6.54 Å². The van der Waals surface area contributed by atoms with Gasteiger partial charge in [0.25, 0.3) is 5.91 Å². The van der Waals surface area contributed by atoms with Crippen LogP contribution in [0.2, 0.25) is 0 Å². The molecule has 0 aliphatic heterocycles. The molecule has 3 nitrogen and oxygen atoms in total. The van der Waals surface area contributed by atoms with E-state index < -0.39 is 0 Å². The maximum absolute atomic E-state index is 11.9. The van der Waals surface area contributed by atoms with Crippen LogP contribution < -0.4 is 10.1 Å². The minimum atomic E-state index is -0.0819. The molecule has 0 radical (unpaired) electrons. The fourth-order valence-corrected chi connectivity index (χ4v) is 1.72. The second kappa shape index (κ2) is 5.87. The first-order valence-electron chi connectivity index (χ1n) is 5.76. The molecule has 2 aromatic rings. The zero-order valence-electron chi connectivity index (χ0n) is 10.2. The Balaban J connectivity index is 2.02. The molecule has 0 fully saturated rings. The van der Waals surface area contributed by atoms with E-state index in [4.69, 9.17) is 4.74 Å². The summed E-state index contributed by atoms with van der Waals surface area (Å²) in [5.41, 5.74) is 1.62. The zero-order valence-corrected chi connectivity index (χ0v) is 10.2. The predicted molar refractivity (Wildman–Crippen MR) is 70.6 cm³/mol. The number of hydrogen-bond acceptors (Lipinski definition) is 2. The van der Waals surface area contributed by atoms with Gasteiger partial charge in [0.05, 0.1) is 7.11 Å². The SMILES string of the molecule is COc1ccccc1CNC(=O)c1ccccc1. The van der Waals surface area contributed by atoms with Crippen LogP contribution in [0.15, 0.2) is 54.6 Å². The number of rotatable bonds is 4. The number of hydrogen-bond donors (Lipinski definition) is 1. The number of carbonyl (C=O) groups excluding carboxylic acids is 1. The van der Waals surface area contributed by atoms with Gasteiger partial charge >= 0.3 is 0 Å². The summed E-state index contributed by atoms with van der Waals surface area (Å²) in [4.78, 5) is 11.9. The Morgan fingerprint density at radius 1 is 1.06 bits per heavy atom. The second-order valence-corrected chi connectivity index (χ2v) is 3.86. The molecule has 92 valence electrons. The van der Waals surface area contributed by atoms with Crippen LogP contribution in [-0.4, -0.2) is 13.0 Å². The number of benzene rings is 2. The molecule has 0 aromatic heterocycles. The molecule has 0 atom stereocenters. The topological polar surface area (TPSA) is 38.3 Å². The number of ether oxygens (including phenoxy) is 1. The van der Waals surface area contributed by atoms with Gasteiger partial charge in [-0.05, 0) is 18.2 Å². The first kappa shape index (κ1) is 12.2. The normalized spacial score (nSPS) is 9.83. The summed E-state index contributed by atoms with van der Waals surface area (Å²) in [5, 5.41) is 2.87. The van der Waals surface area contributed by atoms with Gasteiger partial charge in [0.2, 0.25) is 0 Å². The summed E-state index contributed by atoms with van der Waals surface area (Å²) in [6.45, 7) is 0.456. The number of methoxy groups -OCH3 is 1. The number of carbonyl (C=O) groups is 1. The third kappa shape index (κ3) is 2.88. The third-order valence-electron chi connectivity index (χ3n) is 2.67. The van der Waals surface area contributed by atoms with Crippen molar-refractivity contribution in [2.75, 3.05) is 7.11 Å². The molecule has 0 bridgehead atoms. The summed E-state index contributed by atoms with van der Waals surface area (Å²) in [6.07, 6.45) is 0. The second-order valence-electron chi connectivity index (χ2n) is 3.86. The van der Waals surface area contributed by atoms with Crippen LogP contribution in [0.4, 0.5) is 0 Å². The van der Waals surface area contributed by atoms with Crippen molar-refractivity contribution in [2.45, 2.75) is 6.54 Å². The van der Waals surface area contributed by atoms with Gasteiger partial charge in [0.15, 0.2) is 0 Å². The first-order chi connectivity index (χ1) is 8.81. The number of amides is 1. The van der Waals surface area contributed by atoms with Gasteiger partial charge < -0.3 is 10.1 Å². The van der Waals surface area contributed by atoms with E-state index in [1.54, 1.807) is 19.2 Å². The highest BCUT2D eigenvalue weighted by Gasteiger charge is 2.06. The molecule has 1 amide bonds.